The van der Waals surface area contributed by atoms with Crippen molar-refractivity contribution in [2.24, 2.45) is 5.92 Å². The van der Waals surface area contributed by atoms with Crippen LogP contribution in [0.5, 0.6) is 0 Å². The lowest BCUT2D eigenvalue weighted by molar-refractivity contribution is 0.0699. The first-order valence-corrected chi connectivity index (χ1v) is 7.30. The number of nitrogens with one attached hydrogen (secondary N) is 2. The van der Waals surface area contributed by atoms with Crippen LogP contribution >= 0.6 is 0 Å². The second kappa shape index (κ2) is 6.13. The molecule has 108 valence electrons. The summed E-state index contributed by atoms with van der Waals surface area (Å²) < 4.78 is 5.37. The summed E-state index contributed by atoms with van der Waals surface area (Å²) in [5.41, 5.74) is 2.03. The fraction of sp³-hybridized carbons (Fsp3) is 0.533. The van der Waals surface area contributed by atoms with Gasteiger partial charge in [0.25, 0.3) is 0 Å². The van der Waals surface area contributed by atoms with Crippen molar-refractivity contribution < 1.29 is 9.53 Å². The predicted molar refractivity (Wildman–Crippen MR) is 79.2 cm³/mol. The first-order chi connectivity index (χ1) is 9.83. The number of benzene rings is 1. The number of nitrogens with zero attached hydrogens (tertiary/aromatic N) is 1. The van der Waals surface area contributed by atoms with Gasteiger partial charge in [0.1, 0.15) is 0 Å². The minimum absolute atomic E-state index is 0.00780. The van der Waals surface area contributed by atoms with Gasteiger partial charge in [-0.1, -0.05) is 6.07 Å². The molecule has 0 aliphatic carbocycles. The molecule has 0 spiro atoms. The highest BCUT2D eigenvalue weighted by Gasteiger charge is 2.21. The van der Waals surface area contributed by atoms with E-state index in [0.717, 1.165) is 57.1 Å². The molecule has 2 amide bonds. The van der Waals surface area contributed by atoms with Gasteiger partial charge in [0.15, 0.2) is 0 Å². The van der Waals surface area contributed by atoms with Gasteiger partial charge < -0.3 is 15.4 Å². The predicted octanol–water partition coefficient (Wildman–Crippen LogP) is 2.05. The molecule has 0 radical (unpaired) electrons. The van der Waals surface area contributed by atoms with Gasteiger partial charge in [0, 0.05) is 44.2 Å². The molecule has 0 saturated carbocycles. The maximum Gasteiger partial charge on any atom is 0.321 e. The molecule has 2 fully saturated rings. The number of anilines is 2. The third-order valence-corrected chi connectivity index (χ3v) is 3.95. The Morgan fingerprint density at radius 2 is 2.20 bits per heavy atom. The van der Waals surface area contributed by atoms with Crippen molar-refractivity contribution in [1.82, 2.24) is 5.32 Å². The van der Waals surface area contributed by atoms with Crippen LogP contribution in [0.2, 0.25) is 0 Å². The number of amides is 2. The normalized spacial score (nSPS) is 20.0. The lowest BCUT2D eigenvalue weighted by Crippen LogP contribution is -2.27. The minimum Gasteiger partial charge on any atom is -0.385 e. The number of urea groups is 1. The van der Waals surface area contributed by atoms with Gasteiger partial charge >= 0.3 is 6.03 Å². The van der Waals surface area contributed by atoms with E-state index in [2.05, 4.69) is 16.7 Å². The van der Waals surface area contributed by atoms with Crippen molar-refractivity contribution in [3.8, 4) is 0 Å². The topological polar surface area (TPSA) is 53.6 Å². The summed E-state index contributed by atoms with van der Waals surface area (Å²) in [5, 5.41) is 6.30. The van der Waals surface area contributed by atoms with E-state index < -0.39 is 0 Å². The molecule has 5 nitrogen and oxygen atoms in total. The molecule has 2 saturated heterocycles. The molecule has 5 heteroatoms. The number of hydrogen-bond donors (Lipinski definition) is 2. The Morgan fingerprint density at radius 3 is 2.95 bits per heavy atom. The molecule has 1 aromatic carbocycles. The van der Waals surface area contributed by atoms with E-state index in [-0.39, 0.29) is 6.03 Å². The molecule has 3 rings (SSSR count). The van der Waals surface area contributed by atoms with Gasteiger partial charge in [-0.3, -0.25) is 4.90 Å². The second-order valence-electron chi connectivity index (χ2n) is 5.37. The van der Waals surface area contributed by atoms with Crippen LogP contribution in [0.4, 0.5) is 16.2 Å². The first-order valence-electron chi connectivity index (χ1n) is 7.30. The third-order valence-electron chi connectivity index (χ3n) is 3.95. The summed E-state index contributed by atoms with van der Waals surface area (Å²) in [5.74, 6) is 0.683. The van der Waals surface area contributed by atoms with E-state index in [4.69, 9.17) is 4.74 Å². The van der Waals surface area contributed by atoms with Crippen molar-refractivity contribution in [2.45, 2.75) is 12.8 Å². The van der Waals surface area contributed by atoms with Gasteiger partial charge in [-0.05, 0) is 37.0 Å². The Labute approximate surface area is 119 Å². The molecular formula is C15H21N3O2. The van der Waals surface area contributed by atoms with Crippen LogP contribution in [-0.4, -0.2) is 38.9 Å². The highest BCUT2D eigenvalue weighted by atomic mass is 16.5. The molecule has 0 atom stereocenters. The number of hydrogen-bond acceptors (Lipinski definition) is 3. The Hall–Kier alpha value is -1.75. The highest BCUT2D eigenvalue weighted by molar-refractivity contribution is 5.94. The van der Waals surface area contributed by atoms with Gasteiger partial charge in [0.2, 0.25) is 0 Å². The lowest BCUT2D eigenvalue weighted by Gasteiger charge is -2.23. The zero-order valence-electron chi connectivity index (χ0n) is 11.6. The fourth-order valence-corrected chi connectivity index (χ4v) is 2.71. The number of carbonyl (C=O) groups is 1. The van der Waals surface area contributed by atoms with E-state index in [1.165, 1.54) is 0 Å². The van der Waals surface area contributed by atoms with Crippen molar-refractivity contribution in [2.75, 3.05) is 43.1 Å². The summed E-state index contributed by atoms with van der Waals surface area (Å²) >= 11 is 0. The van der Waals surface area contributed by atoms with Gasteiger partial charge in [0.05, 0.1) is 0 Å². The SMILES string of the molecule is O=C1NCCN1c1cccc(NCC2CCOCC2)c1. The Morgan fingerprint density at radius 1 is 1.35 bits per heavy atom. The van der Waals surface area contributed by atoms with Crippen LogP contribution in [0.25, 0.3) is 0 Å². The van der Waals surface area contributed by atoms with E-state index in [0.29, 0.717) is 5.92 Å². The summed E-state index contributed by atoms with van der Waals surface area (Å²) in [6.45, 7) is 4.18. The number of rotatable bonds is 4. The van der Waals surface area contributed by atoms with Crippen LogP contribution < -0.4 is 15.5 Å². The summed E-state index contributed by atoms with van der Waals surface area (Å²) in [7, 11) is 0. The number of carbonyl (C=O) groups excluding carboxylic acids is 1. The molecule has 2 aliphatic rings. The lowest BCUT2D eigenvalue weighted by atomic mass is 10.0. The van der Waals surface area contributed by atoms with Gasteiger partial charge in [-0.2, -0.15) is 0 Å². The van der Waals surface area contributed by atoms with Gasteiger partial charge in [-0.25, -0.2) is 4.79 Å². The van der Waals surface area contributed by atoms with Crippen LogP contribution in [0, 0.1) is 5.92 Å². The van der Waals surface area contributed by atoms with E-state index >= 15 is 0 Å². The van der Waals surface area contributed by atoms with Crippen LogP contribution in [0.1, 0.15) is 12.8 Å². The van der Waals surface area contributed by atoms with Crippen LogP contribution in [0.3, 0.4) is 0 Å². The molecule has 20 heavy (non-hydrogen) atoms. The zero-order valence-corrected chi connectivity index (χ0v) is 11.6. The van der Waals surface area contributed by atoms with Crippen molar-refractivity contribution in [1.29, 1.82) is 0 Å². The molecule has 0 unspecified atom stereocenters. The Balaban J connectivity index is 1.60. The molecule has 2 heterocycles. The first kappa shape index (κ1) is 13.2. The minimum atomic E-state index is -0.00780. The molecule has 2 N–H and O–H groups in total. The highest BCUT2D eigenvalue weighted by Crippen LogP contribution is 2.22. The summed E-state index contributed by atoms with van der Waals surface area (Å²) in [6.07, 6.45) is 2.25. The van der Waals surface area contributed by atoms with E-state index in [1.54, 1.807) is 4.90 Å². The Kier molecular flexibility index (Phi) is 4.06. The average molecular weight is 275 g/mol. The maximum atomic E-state index is 11.7. The molecule has 2 aliphatic heterocycles. The van der Waals surface area contributed by atoms with Crippen molar-refractivity contribution >= 4 is 17.4 Å². The van der Waals surface area contributed by atoms with Crippen molar-refractivity contribution in [3.05, 3.63) is 24.3 Å². The largest absolute Gasteiger partial charge is 0.385 e. The molecule has 1 aromatic rings. The average Bonchev–Trinajstić information content (AvgIpc) is 2.93. The standard InChI is InChI=1S/C15H21N3O2/c19-15-16-6-7-18(15)14-3-1-2-13(10-14)17-11-12-4-8-20-9-5-12/h1-3,10,12,17H,4-9,11H2,(H,16,19). The summed E-state index contributed by atoms with van der Waals surface area (Å²) in [4.78, 5) is 13.4. The molecular weight excluding hydrogens is 254 g/mol. The maximum absolute atomic E-state index is 11.7. The molecule has 0 bridgehead atoms. The Bertz CT molecular complexity index is 472. The number of ether oxygens (including phenoxy) is 1. The van der Waals surface area contributed by atoms with Gasteiger partial charge in [-0.15, -0.1) is 0 Å². The van der Waals surface area contributed by atoms with Crippen LogP contribution in [-0.2, 0) is 4.74 Å². The molecule has 0 aromatic heterocycles. The monoisotopic (exact) mass is 275 g/mol. The van der Waals surface area contributed by atoms with E-state index in [9.17, 15) is 4.79 Å². The van der Waals surface area contributed by atoms with Crippen molar-refractivity contribution in [3.63, 3.8) is 0 Å². The quantitative estimate of drug-likeness (QED) is 0.884. The third kappa shape index (κ3) is 3.04. The smallest absolute Gasteiger partial charge is 0.321 e. The second-order valence-corrected chi connectivity index (χ2v) is 5.37. The zero-order chi connectivity index (χ0) is 13.8. The fourth-order valence-electron chi connectivity index (χ4n) is 2.71. The summed E-state index contributed by atoms with van der Waals surface area (Å²) in [6, 6.07) is 8.06. The van der Waals surface area contributed by atoms with Crippen LogP contribution in [0.15, 0.2) is 24.3 Å². The van der Waals surface area contributed by atoms with E-state index in [1.807, 2.05) is 18.2 Å².